The van der Waals surface area contributed by atoms with Crippen molar-refractivity contribution in [1.82, 2.24) is 4.90 Å². The Balaban J connectivity index is 1.57. The van der Waals surface area contributed by atoms with Gasteiger partial charge >= 0.3 is 0 Å². The number of nitrogens with zero attached hydrogens (tertiary/aromatic N) is 1. The Morgan fingerprint density at radius 3 is 2.53 bits per heavy atom. The molecule has 0 saturated carbocycles. The van der Waals surface area contributed by atoms with Gasteiger partial charge in [-0.25, -0.2) is 0 Å². The first kappa shape index (κ1) is 20.8. The van der Waals surface area contributed by atoms with Crippen molar-refractivity contribution in [3.63, 3.8) is 0 Å². The van der Waals surface area contributed by atoms with Gasteiger partial charge in [-0.1, -0.05) is 71.4 Å². The van der Waals surface area contributed by atoms with Gasteiger partial charge in [-0.2, -0.15) is 0 Å². The Labute approximate surface area is 189 Å². The van der Waals surface area contributed by atoms with Gasteiger partial charge in [0.15, 0.2) is 0 Å². The normalized spacial score (nSPS) is 15.3. The van der Waals surface area contributed by atoms with Gasteiger partial charge in [0.1, 0.15) is 0 Å². The lowest BCUT2D eigenvalue weighted by molar-refractivity contribution is -0.123. The summed E-state index contributed by atoms with van der Waals surface area (Å²) in [6, 6.07) is 23.3. The number of halogens is 1. The number of carbonyl (C=O) groups excluding carboxylic acids is 2. The van der Waals surface area contributed by atoms with E-state index >= 15 is 0 Å². The van der Waals surface area contributed by atoms with E-state index in [1.807, 2.05) is 79.7 Å². The summed E-state index contributed by atoms with van der Waals surface area (Å²) >= 11 is 8.55. The molecule has 0 unspecified atom stereocenters. The van der Waals surface area contributed by atoms with Crippen LogP contribution in [0.5, 0.6) is 0 Å². The van der Waals surface area contributed by atoms with E-state index in [4.69, 9.17) is 11.6 Å². The Kier molecular flexibility index (Phi) is 6.32. The summed E-state index contributed by atoms with van der Waals surface area (Å²) in [5, 5.41) is 0.450. The van der Waals surface area contributed by atoms with E-state index in [1.165, 1.54) is 4.90 Å². The van der Waals surface area contributed by atoms with Crippen LogP contribution in [0.3, 0.4) is 0 Å². The molecule has 30 heavy (non-hydrogen) atoms. The zero-order valence-electron chi connectivity index (χ0n) is 16.2. The van der Waals surface area contributed by atoms with Crippen LogP contribution < -0.4 is 0 Å². The van der Waals surface area contributed by atoms with Crippen molar-refractivity contribution >= 4 is 52.3 Å². The third kappa shape index (κ3) is 4.81. The predicted molar refractivity (Wildman–Crippen MR) is 125 cm³/mol. The fourth-order valence-electron chi connectivity index (χ4n) is 3.09. The molecule has 1 heterocycles. The lowest BCUT2D eigenvalue weighted by Gasteiger charge is -2.12. The summed E-state index contributed by atoms with van der Waals surface area (Å²) in [5.74, 6) is -0.252. The van der Waals surface area contributed by atoms with Crippen molar-refractivity contribution in [2.75, 3.05) is 0 Å². The third-order valence-corrected chi connectivity index (χ3v) is 6.80. The molecule has 1 saturated heterocycles. The van der Waals surface area contributed by atoms with Crippen LogP contribution in [0.25, 0.3) is 6.08 Å². The number of aryl methyl sites for hydroxylation is 1. The molecule has 3 aromatic rings. The highest BCUT2D eigenvalue weighted by atomic mass is 35.5. The SMILES string of the molecule is Cc1cccc(CN2C(=O)S/C(=C\c3ccccc3Sc3ccc(Cl)cc3)C2=O)c1. The van der Waals surface area contributed by atoms with E-state index in [0.717, 1.165) is 38.2 Å². The minimum atomic E-state index is -0.252. The molecule has 0 radical (unpaired) electrons. The first-order chi connectivity index (χ1) is 14.5. The fraction of sp³-hybridized carbons (Fsp3) is 0.0833. The van der Waals surface area contributed by atoms with Crippen LogP contribution in [0.1, 0.15) is 16.7 Å². The Morgan fingerprint density at radius 1 is 1.00 bits per heavy atom. The van der Waals surface area contributed by atoms with Gasteiger partial charge in [-0.05, 0) is 66.2 Å². The molecular weight excluding hydrogens is 434 g/mol. The minimum Gasteiger partial charge on any atom is -0.268 e. The molecule has 3 aromatic carbocycles. The molecule has 1 aliphatic rings. The molecule has 1 aliphatic heterocycles. The number of amides is 2. The van der Waals surface area contributed by atoms with E-state index < -0.39 is 0 Å². The summed E-state index contributed by atoms with van der Waals surface area (Å²) < 4.78 is 0. The lowest BCUT2D eigenvalue weighted by atomic mass is 10.1. The van der Waals surface area contributed by atoms with Crippen LogP contribution in [0, 0.1) is 6.92 Å². The van der Waals surface area contributed by atoms with E-state index in [1.54, 1.807) is 17.8 Å². The summed E-state index contributed by atoms with van der Waals surface area (Å²) in [4.78, 5) is 29.2. The average molecular weight is 452 g/mol. The van der Waals surface area contributed by atoms with Gasteiger partial charge in [0.25, 0.3) is 11.1 Å². The number of hydrogen-bond acceptors (Lipinski definition) is 4. The molecule has 0 N–H and O–H groups in total. The quantitative estimate of drug-likeness (QED) is 0.390. The largest absolute Gasteiger partial charge is 0.293 e. The molecule has 0 spiro atoms. The highest BCUT2D eigenvalue weighted by Gasteiger charge is 2.35. The summed E-state index contributed by atoms with van der Waals surface area (Å²) in [6.07, 6.45) is 1.80. The second-order valence-corrected chi connectivity index (χ2v) is 9.40. The predicted octanol–water partition coefficient (Wildman–Crippen LogP) is 7.04. The first-order valence-electron chi connectivity index (χ1n) is 9.33. The number of thioether (sulfide) groups is 1. The maximum absolute atomic E-state index is 12.9. The van der Waals surface area contributed by atoms with Gasteiger partial charge in [0.05, 0.1) is 11.4 Å². The molecule has 150 valence electrons. The highest BCUT2D eigenvalue weighted by molar-refractivity contribution is 8.18. The van der Waals surface area contributed by atoms with Crippen molar-refractivity contribution in [2.45, 2.75) is 23.3 Å². The highest BCUT2D eigenvalue weighted by Crippen LogP contribution is 2.37. The zero-order valence-corrected chi connectivity index (χ0v) is 18.6. The minimum absolute atomic E-state index is 0.240. The molecule has 3 nitrogen and oxygen atoms in total. The monoisotopic (exact) mass is 451 g/mol. The van der Waals surface area contributed by atoms with Crippen molar-refractivity contribution in [2.24, 2.45) is 0 Å². The first-order valence-corrected chi connectivity index (χ1v) is 11.3. The van der Waals surface area contributed by atoms with Crippen LogP contribution in [0.2, 0.25) is 5.02 Å². The van der Waals surface area contributed by atoms with Gasteiger partial charge in [0.2, 0.25) is 0 Å². The van der Waals surface area contributed by atoms with Gasteiger partial charge in [-0.15, -0.1) is 0 Å². The van der Waals surface area contributed by atoms with Crippen molar-refractivity contribution in [3.8, 4) is 0 Å². The Hall–Kier alpha value is -2.47. The van der Waals surface area contributed by atoms with Crippen LogP contribution in [-0.2, 0) is 11.3 Å². The second-order valence-electron chi connectivity index (χ2n) is 6.85. The van der Waals surface area contributed by atoms with Crippen molar-refractivity contribution in [3.05, 3.63) is 99.4 Å². The third-order valence-electron chi connectivity index (χ3n) is 4.54. The van der Waals surface area contributed by atoms with E-state index in [-0.39, 0.29) is 17.7 Å². The van der Waals surface area contributed by atoms with Crippen LogP contribution in [0.4, 0.5) is 4.79 Å². The van der Waals surface area contributed by atoms with E-state index in [0.29, 0.717) is 9.93 Å². The van der Waals surface area contributed by atoms with E-state index in [2.05, 4.69) is 0 Å². The summed E-state index contributed by atoms with van der Waals surface area (Å²) in [6.45, 7) is 2.28. The van der Waals surface area contributed by atoms with E-state index in [9.17, 15) is 9.59 Å². The Morgan fingerprint density at radius 2 is 1.77 bits per heavy atom. The van der Waals surface area contributed by atoms with Crippen LogP contribution in [-0.4, -0.2) is 16.0 Å². The second kappa shape index (κ2) is 9.13. The smallest absolute Gasteiger partial charge is 0.268 e. The molecular formula is C24H18ClNO2S2. The molecule has 4 rings (SSSR count). The molecule has 0 atom stereocenters. The van der Waals surface area contributed by atoms with Crippen molar-refractivity contribution in [1.29, 1.82) is 0 Å². The maximum atomic E-state index is 12.9. The summed E-state index contributed by atoms with van der Waals surface area (Å²) in [5.41, 5.74) is 2.94. The molecule has 6 heteroatoms. The van der Waals surface area contributed by atoms with Crippen molar-refractivity contribution < 1.29 is 9.59 Å². The lowest BCUT2D eigenvalue weighted by Crippen LogP contribution is -2.27. The standard InChI is InChI=1S/C24H18ClNO2S2/c1-16-5-4-6-17(13-16)15-26-23(27)22(30-24(26)28)14-18-7-2-3-8-21(18)29-20-11-9-19(25)10-12-20/h2-14H,15H2,1H3/b22-14-. The molecule has 2 amide bonds. The topological polar surface area (TPSA) is 37.4 Å². The average Bonchev–Trinajstić information content (AvgIpc) is 2.98. The Bertz CT molecular complexity index is 1140. The van der Waals surface area contributed by atoms with Gasteiger partial charge in [-0.3, -0.25) is 14.5 Å². The number of benzene rings is 3. The number of hydrogen-bond donors (Lipinski definition) is 0. The number of rotatable bonds is 5. The van der Waals surface area contributed by atoms with Crippen LogP contribution >= 0.6 is 35.1 Å². The maximum Gasteiger partial charge on any atom is 0.293 e. The zero-order chi connectivity index (χ0) is 21.1. The molecule has 1 fully saturated rings. The fourth-order valence-corrected chi connectivity index (χ4v) is 4.97. The number of carbonyl (C=O) groups is 2. The van der Waals surface area contributed by atoms with Gasteiger partial charge in [0, 0.05) is 14.8 Å². The molecule has 0 bridgehead atoms. The molecule has 0 aliphatic carbocycles. The number of imide groups is 1. The van der Waals surface area contributed by atoms with Gasteiger partial charge < -0.3 is 0 Å². The van der Waals surface area contributed by atoms with Crippen LogP contribution in [0.15, 0.2) is 87.5 Å². The molecule has 0 aromatic heterocycles. The summed E-state index contributed by atoms with van der Waals surface area (Å²) in [7, 11) is 0.